The van der Waals surface area contributed by atoms with Gasteiger partial charge in [-0.3, -0.25) is 0 Å². The first-order valence-electron chi connectivity index (χ1n) is 7.27. The normalized spacial score (nSPS) is 10.5. The van der Waals surface area contributed by atoms with Crippen LogP contribution in [0, 0.1) is 0 Å². The largest absolute Gasteiger partial charge is 0.497 e. The van der Waals surface area contributed by atoms with Gasteiger partial charge in [-0.05, 0) is 47.9 Å². The quantitative estimate of drug-likeness (QED) is 0.845. The van der Waals surface area contributed by atoms with Gasteiger partial charge in [0.05, 0.1) is 7.11 Å². The zero-order valence-corrected chi connectivity index (χ0v) is 13.6. The summed E-state index contributed by atoms with van der Waals surface area (Å²) in [6.07, 6.45) is 4.18. The first kappa shape index (κ1) is 16.9. The number of amides is 2. The van der Waals surface area contributed by atoms with Crippen LogP contribution in [0.5, 0.6) is 5.75 Å². The van der Waals surface area contributed by atoms with E-state index in [-0.39, 0.29) is 6.03 Å². The number of carbonyl (C=O) groups is 1. The Morgan fingerprint density at radius 2 is 1.83 bits per heavy atom. The Morgan fingerprint density at radius 1 is 1.13 bits per heavy atom. The molecule has 2 amide bonds. The van der Waals surface area contributed by atoms with Crippen LogP contribution in [-0.2, 0) is 6.42 Å². The molecule has 0 atom stereocenters. The van der Waals surface area contributed by atoms with Crippen molar-refractivity contribution in [2.45, 2.75) is 6.42 Å². The summed E-state index contributed by atoms with van der Waals surface area (Å²) in [5.74, 6) is 0.801. The lowest BCUT2D eigenvalue weighted by Crippen LogP contribution is -2.33. The molecule has 0 radical (unpaired) electrons. The highest BCUT2D eigenvalue weighted by molar-refractivity contribution is 6.30. The van der Waals surface area contributed by atoms with Crippen molar-refractivity contribution in [2.75, 3.05) is 13.7 Å². The van der Waals surface area contributed by atoms with Crippen LogP contribution in [0.25, 0.3) is 6.08 Å². The van der Waals surface area contributed by atoms with Crippen LogP contribution >= 0.6 is 11.6 Å². The maximum Gasteiger partial charge on any atom is 0.318 e. The van der Waals surface area contributed by atoms with Crippen LogP contribution in [-0.4, -0.2) is 19.7 Å². The summed E-state index contributed by atoms with van der Waals surface area (Å²) in [4.78, 5) is 11.7. The lowest BCUT2D eigenvalue weighted by Gasteiger charge is -2.05. The van der Waals surface area contributed by atoms with E-state index in [0.29, 0.717) is 11.6 Å². The van der Waals surface area contributed by atoms with Gasteiger partial charge in [0, 0.05) is 17.8 Å². The van der Waals surface area contributed by atoms with Crippen molar-refractivity contribution in [3.05, 3.63) is 70.9 Å². The van der Waals surface area contributed by atoms with Crippen LogP contribution in [0.2, 0.25) is 5.02 Å². The average molecular weight is 331 g/mol. The second-order valence-corrected chi connectivity index (χ2v) is 5.32. The molecule has 2 aromatic carbocycles. The summed E-state index contributed by atoms with van der Waals surface area (Å²) < 4.78 is 5.09. The number of halogens is 1. The standard InChI is InChI=1S/C18H19ClN2O2/c1-23-17-8-4-15(5-9-17)11-13-21-18(22)20-12-10-14-2-6-16(19)7-3-14/h2-9,11,13H,10,12H2,1H3,(H2,20,21,22)/b13-11+. The predicted molar refractivity (Wildman–Crippen MR) is 93.7 cm³/mol. The van der Waals surface area contributed by atoms with Gasteiger partial charge in [0.1, 0.15) is 5.75 Å². The Labute approximate surface area is 141 Å². The van der Waals surface area contributed by atoms with Gasteiger partial charge < -0.3 is 15.4 Å². The first-order chi connectivity index (χ1) is 11.2. The third kappa shape index (κ3) is 6.04. The number of methoxy groups -OCH3 is 1. The van der Waals surface area contributed by atoms with E-state index >= 15 is 0 Å². The molecule has 0 aliphatic heterocycles. The maximum absolute atomic E-state index is 11.7. The fourth-order valence-corrected chi connectivity index (χ4v) is 2.08. The van der Waals surface area contributed by atoms with E-state index in [1.165, 1.54) is 0 Å². The summed E-state index contributed by atoms with van der Waals surface area (Å²) in [7, 11) is 1.63. The van der Waals surface area contributed by atoms with Crippen LogP contribution in [0.15, 0.2) is 54.7 Å². The summed E-state index contributed by atoms with van der Waals surface area (Å²) in [6.45, 7) is 0.559. The number of carbonyl (C=O) groups excluding carboxylic acids is 1. The van der Waals surface area contributed by atoms with Gasteiger partial charge in [0.2, 0.25) is 0 Å². The van der Waals surface area contributed by atoms with Gasteiger partial charge in [-0.15, -0.1) is 0 Å². The lowest BCUT2D eigenvalue weighted by atomic mass is 10.1. The second-order valence-electron chi connectivity index (χ2n) is 4.88. The molecule has 2 N–H and O–H groups in total. The Kier molecular flexibility index (Phi) is 6.51. The molecule has 0 unspecified atom stereocenters. The zero-order chi connectivity index (χ0) is 16.5. The van der Waals surface area contributed by atoms with E-state index in [0.717, 1.165) is 23.3 Å². The second kappa shape index (κ2) is 8.86. The van der Waals surface area contributed by atoms with Gasteiger partial charge in [-0.25, -0.2) is 4.79 Å². The fourth-order valence-electron chi connectivity index (χ4n) is 1.95. The highest BCUT2D eigenvalue weighted by Gasteiger charge is 1.98. The molecule has 0 saturated heterocycles. The van der Waals surface area contributed by atoms with E-state index in [1.54, 1.807) is 13.3 Å². The van der Waals surface area contributed by atoms with Crippen LogP contribution in [0.3, 0.4) is 0 Å². The number of hydrogen-bond donors (Lipinski definition) is 2. The molecule has 0 heterocycles. The van der Waals surface area contributed by atoms with Crippen LogP contribution in [0.1, 0.15) is 11.1 Å². The molecule has 0 saturated carbocycles. The van der Waals surface area contributed by atoms with Crippen molar-refractivity contribution in [3.63, 3.8) is 0 Å². The van der Waals surface area contributed by atoms with Crippen molar-refractivity contribution < 1.29 is 9.53 Å². The minimum absolute atomic E-state index is 0.233. The third-order valence-corrected chi connectivity index (χ3v) is 3.47. The molecule has 0 aliphatic carbocycles. The van der Waals surface area contributed by atoms with E-state index in [2.05, 4.69) is 10.6 Å². The van der Waals surface area contributed by atoms with Gasteiger partial charge in [-0.2, -0.15) is 0 Å². The van der Waals surface area contributed by atoms with E-state index in [9.17, 15) is 4.79 Å². The number of hydrogen-bond acceptors (Lipinski definition) is 2. The van der Waals surface area contributed by atoms with Crippen molar-refractivity contribution in [1.29, 1.82) is 0 Å². The van der Waals surface area contributed by atoms with Gasteiger partial charge in [-0.1, -0.05) is 35.9 Å². The molecule has 0 aliphatic rings. The third-order valence-electron chi connectivity index (χ3n) is 3.22. The molecule has 2 rings (SSSR count). The molecule has 0 fully saturated rings. The summed E-state index contributed by atoms with van der Waals surface area (Å²) in [5.41, 5.74) is 2.11. The number of ether oxygens (including phenoxy) is 1. The Bertz CT molecular complexity index is 652. The molecule has 0 bridgehead atoms. The maximum atomic E-state index is 11.7. The number of urea groups is 1. The molecular weight excluding hydrogens is 312 g/mol. The van der Waals surface area contributed by atoms with Gasteiger partial charge in [0.15, 0.2) is 0 Å². The highest BCUT2D eigenvalue weighted by atomic mass is 35.5. The van der Waals surface area contributed by atoms with Gasteiger partial charge in [0.25, 0.3) is 0 Å². The first-order valence-corrected chi connectivity index (χ1v) is 7.64. The SMILES string of the molecule is COc1ccc(/C=C/NC(=O)NCCc2ccc(Cl)cc2)cc1. The van der Waals surface area contributed by atoms with Crippen LogP contribution < -0.4 is 15.4 Å². The molecule has 0 spiro atoms. The molecule has 5 heteroatoms. The topological polar surface area (TPSA) is 50.4 Å². The number of rotatable bonds is 6. The highest BCUT2D eigenvalue weighted by Crippen LogP contribution is 2.12. The monoisotopic (exact) mass is 330 g/mol. The Balaban J connectivity index is 1.69. The summed E-state index contributed by atoms with van der Waals surface area (Å²) in [5, 5.41) is 6.18. The smallest absolute Gasteiger partial charge is 0.318 e. The van der Waals surface area contributed by atoms with E-state index in [1.807, 2.05) is 54.6 Å². The molecule has 2 aromatic rings. The fraction of sp³-hybridized carbons (Fsp3) is 0.167. The van der Waals surface area contributed by atoms with Crippen molar-refractivity contribution in [2.24, 2.45) is 0 Å². The summed E-state index contributed by atoms with van der Waals surface area (Å²) in [6, 6.07) is 14.9. The number of nitrogens with one attached hydrogen (secondary N) is 2. The van der Waals surface area contributed by atoms with E-state index < -0.39 is 0 Å². The number of benzene rings is 2. The van der Waals surface area contributed by atoms with Crippen LogP contribution in [0.4, 0.5) is 4.79 Å². The molecule has 120 valence electrons. The Morgan fingerprint density at radius 3 is 2.48 bits per heavy atom. The molecule has 0 aromatic heterocycles. The van der Waals surface area contributed by atoms with Crippen molar-refractivity contribution in [3.8, 4) is 5.75 Å². The summed E-state index contributed by atoms with van der Waals surface area (Å²) >= 11 is 5.83. The average Bonchev–Trinajstić information content (AvgIpc) is 2.57. The molecule has 4 nitrogen and oxygen atoms in total. The lowest BCUT2D eigenvalue weighted by molar-refractivity contribution is 0.244. The molecular formula is C18H19ClN2O2. The molecule has 23 heavy (non-hydrogen) atoms. The van der Waals surface area contributed by atoms with Crippen molar-refractivity contribution >= 4 is 23.7 Å². The predicted octanol–water partition coefficient (Wildman–Crippen LogP) is 3.86. The Hall–Kier alpha value is -2.46. The minimum atomic E-state index is -0.233. The van der Waals surface area contributed by atoms with Crippen molar-refractivity contribution in [1.82, 2.24) is 10.6 Å². The van der Waals surface area contributed by atoms with Gasteiger partial charge >= 0.3 is 6.03 Å². The minimum Gasteiger partial charge on any atom is -0.497 e. The zero-order valence-electron chi connectivity index (χ0n) is 12.9. The van der Waals surface area contributed by atoms with E-state index in [4.69, 9.17) is 16.3 Å².